The average molecular weight is 252 g/mol. The third-order valence-electron chi connectivity index (χ3n) is 3.39. The number of carbonyl (C=O) groups excluding carboxylic acids is 1. The van der Waals surface area contributed by atoms with Crippen molar-refractivity contribution in [3.63, 3.8) is 0 Å². The van der Waals surface area contributed by atoms with Crippen LogP contribution in [-0.4, -0.2) is 44.0 Å². The Hall–Kier alpha value is -1.43. The molecule has 0 radical (unpaired) electrons. The number of rotatable bonds is 3. The number of nitrogens with zero attached hydrogens (tertiary/aromatic N) is 4. The predicted molar refractivity (Wildman–Crippen MR) is 65.7 cm³/mol. The van der Waals surface area contributed by atoms with E-state index in [4.69, 9.17) is 5.11 Å². The van der Waals surface area contributed by atoms with Crippen LogP contribution in [-0.2, 0) is 11.4 Å². The Morgan fingerprint density at radius 3 is 2.61 bits per heavy atom. The first-order valence-corrected chi connectivity index (χ1v) is 6.52. The van der Waals surface area contributed by atoms with Crippen molar-refractivity contribution >= 4 is 5.91 Å². The number of carbonyl (C=O) groups is 1. The Kier molecular flexibility index (Phi) is 4.30. The smallest absolute Gasteiger partial charge is 0.247 e. The fraction of sp³-hybridized carbons (Fsp3) is 0.750. The van der Waals surface area contributed by atoms with Crippen LogP contribution in [0.2, 0.25) is 0 Å². The van der Waals surface area contributed by atoms with Crippen LogP contribution in [0.15, 0.2) is 6.20 Å². The topological polar surface area (TPSA) is 71.2 Å². The Bertz CT molecular complexity index is 397. The second-order valence-corrected chi connectivity index (χ2v) is 4.76. The molecule has 1 atom stereocenters. The van der Waals surface area contributed by atoms with Gasteiger partial charge >= 0.3 is 0 Å². The highest BCUT2D eigenvalue weighted by atomic mass is 16.3. The molecule has 1 N–H and O–H groups in total. The molecular weight excluding hydrogens is 232 g/mol. The summed E-state index contributed by atoms with van der Waals surface area (Å²) in [5, 5.41) is 16.6. The van der Waals surface area contributed by atoms with Gasteiger partial charge in [-0.1, -0.05) is 18.1 Å². The first-order valence-electron chi connectivity index (χ1n) is 6.52. The van der Waals surface area contributed by atoms with Crippen molar-refractivity contribution in [1.29, 1.82) is 0 Å². The fourth-order valence-corrected chi connectivity index (χ4v) is 2.24. The third kappa shape index (κ3) is 2.87. The molecule has 1 aliphatic rings. The summed E-state index contributed by atoms with van der Waals surface area (Å²) in [6.45, 7) is 3.35. The number of hydrogen-bond acceptors (Lipinski definition) is 4. The van der Waals surface area contributed by atoms with Crippen molar-refractivity contribution < 1.29 is 9.90 Å². The Balaban J connectivity index is 2.02. The molecular formula is C12H20N4O2. The summed E-state index contributed by atoms with van der Waals surface area (Å²) in [6, 6.07) is -0.351. The van der Waals surface area contributed by atoms with E-state index in [9.17, 15) is 4.79 Å². The van der Waals surface area contributed by atoms with Gasteiger partial charge in [0, 0.05) is 13.1 Å². The Morgan fingerprint density at radius 2 is 2.06 bits per heavy atom. The van der Waals surface area contributed by atoms with Gasteiger partial charge in [-0.3, -0.25) is 4.79 Å². The second kappa shape index (κ2) is 5.95. The lowest BCUT2D eigenvalue weighted by Gasteiger charge is -2.23. The van der Waals surface area contributed by atoms with Crippen LogP contribution in [0.5, 0.6) is 0 Å². The molecule has 18 heavy (non-hydrogen) atoms. The summed E-state index contributed by atoms with van der Waals surface area (Å²) in [6.07, 6.45) is 6.20. The highest BCUT2D eigenvalue weighted by Crippen LogP contribution is 2.15. The van der Waals surface area contributed by atoms with Gasteiger partial charge in [0.15, 0.2) is 0 Å². The van der Waals surface area contributed by atoms with Crippen molar-refractivity contribution in [3.8, 4) is 0 Å². The molecule has 0 bridgehead atoms. The largest absolute Gasteiger partial charge is 0.390 e. The van der Waals surface area contributed by atoms with Crippen LogP contribution >= 0.6 is 0 Å². The molecule has 0 spiro atoms. The van der Waals surface area contributed by atoms with Crippen molar-refractivity contribution in [2.24, 2.45) is 0 Å². The molecule has 1 unspecified atom stereocenters. The van der Waals surface area contributed by atoms with Crippen LogP contribution in [0.25, 0.3) is 0 Å². The number of likely N-dealkylation sites (tertiary alicyclic amines) is 1. The number of aliphatic hydroxyl groups is 1. The van der Waals surface area contributed by atoms with Gasteiger partial charge < -0.3 is 10.0 Å². The van der Waals surface area contributed by atoms with Gasteiger partial charge in [-0.25, -0.2) is 4.68 Å². The van der Waals surface area contributed by atoms with Crippen molar-refractivity contribution in [2.75, 3.05) is 13.1 Å². The summed E-state index contributed by atoms with van der Waals surface area (Å²) in [5.41, 5.74) is 0.491. The first kappa shape index (κ1) is 13.0. The minimum absolute atomic E-state index is 0.0892. The molecule has 0 aliphatic carbocycles. The summed E-state index contributed by atoms with van der Waals surface area (Å²) < 4.78 is 1.53. The van der Waals surface area contributed by atoms with Gasteiger partial charge in [0.25, 0.3) is 0 Å². The first-order chi connectivity index (χ1) is 8.72. The van der Waals surface area contributed by atoms with Crippen LogP contribution in [0.3, 0.4) is 0 Å². The van der Waals surface area contributed by atoms with Gasteiger partial charge in [-0.2, -0.15) is 0 Å². The van der Waals surface area contributed by atoms with E-state index in [1.165, 1.54) is 17.5 Å². The molecule has 6 nitrogen and oxygen atoms in total. The van der Waals surface area contributed by atoms with Crippen molar-refractivity contribution in [3.05, 3.63) is 11.9 Å². The quantitative estimate of drug-likeness (QED) is 0.861. The normalized spacial score (nSPS) is 18.4. The number of aromatic nitrogens is 3. The van der Waals surface area contributed by atoms with E-state index >= 15 is 0 Å². The lowest BCUT2D eigenvalue weighted by Crippen LogP contribution is -2.37. The summed E-state index contributed by atoms with van der Waals surface area (Å²) in [7, 11) is 0. The lowest BCUT2D eigenvalue weighted by atomic mass is 10.2. The van der Waals surface area contributed by atoms with Crippen LogP contribution in [0.4, 0.5) is 0 Å². The van der Waals surface area contributed by atoms with Crippen LogP contribution in [0, 0.1) is 0 Å². The Morgan fingerprint density at radius 1 is 1.39 bits per heavy atom. The highest BCUT2D eigenvalue weighted by Gasteiger charge is 2.23. The zero-order chi connectivity index (χ0) is 13.0. The molecule has 1 aromatic rings. The maximum absolute atomic E-state index is 12.3. The molecule has 1 fully saturated rings. The number of amides is 1. The van der Waals surface area contributed by atoms with Gasteiger partial charge in [0.05, 0.1) is 12.8 Å². The monoisotopic (exact) mass is 252 g/mol. The van der Waals surface area contributed by atoms with Crippen molar-refractivity contribution in [2.45, 2.75) is 45.3 Å². The van der Waals surface area contributed by atoms with E-state index in [0.717, 1.165) is 25.9 Å². The molecule has 2 rings (SSSR count). The fourth-order valence-electron chi connectivity index (χ4n) is 2.24. The predicted octanol–water partition coefficient (Wildman–Crippen LogP) is 0.734. The molecule has 2 heterocycles. The van der Waals surface area contributed by atoms with Gasteiger partial charge in [-0.05, 0) is 19.8 Å². The molecule has 6 heteroatoms. The summed E-state index contributed by atoms with van der Waals surface area (Å²) in [4.78, 5) is 14.2. The van der Waals surface area contributed by atoms with E-state index in [-0.39, 0.29) is 18.6 Å². The number of aliphatic hydroxyl groups excluding tert-OH is 1. The summed E-state index contributed by atoms with van der Waals surface area (Å²) >= 11 is 0. The Labute approximate surface area is 107 Å². The molecule has 1 saturated heterocycles. The molecule has 1 aromatic heterocycles. The van der Waals surface area contributed by atoms with Gasteiger partial charge in [0.1, 0.15) is 11.7 Å². The van der Waals surface area contributed by atoms with E-state index in [2.05, 4.69) is 10.3 Å². The SMILES string of the molecule is CC(C(=O)N1CCCCCC1)n1cc(CO)nn1. The molecule has 0 aromatic carbocycles. The number of hydrogen-bond donors (Lipinski definition) is 1. The maximum atomic E-state index is 12.3. The third-order valence-corrected chi connectivity index (χ3v) is 3.39. The molecule has 0 saturated carbocycles. The van der Waals surface area contributed by atoms with E-state index < -0.39 is 0 Å². The minimum Gasteiger partial charge on any atom is -0.390 e. The molecule has 1 aliphatic heterocycles. The average Bonchev–Trinajstić information content (AvgIpc) is 2.71. The van der Waals surface area contributed by atoms with Crippen molar-refractivity contribution in [1.82, 2.24) is 19.9 Å². The second-order valence-electron chi connectivity index (χ2n) is 4.76. The van der Waals surface area contributed by atoms with Gasteiger partial charge in [-0.15, -0.1) is 5.10 Å². The zero-order valence-electron chi connectivity index (χ0n) is 10.7. The summed E-state index contributed by atoms with van der Waals surface area (Å²) in [5.74, 6) is 0.0892. The zero-order valence-corrected chi connectivity index (χ0v) is 10.7. The van der Waals surface area contributed by atoms with E-state index in [0.29, 0.717) is 5.69 Å². The van der Waals surface area contributed by atoms with E-state index in [1.807, 2.05) is 11.8 Å². The van der Waals surface area contributed by atoms with Crippen LogP contribution in [0.1, 0.15) is 44.3 Å². The van der Waals surface area contributed by atoms with Crippen LogP contribution < -0.4 is 0 Å². The molecule has 100 valence electrons. The highest BCUT2D eigenvalue weighted by molar-refractivity contribution is 5.79. The lowest BCUT2D eigenvalue weighted by molar-refractivity contribution is -0.134. The van der Waals surface area contributed by atoms with E-state index in [1.54, 1.807) is 6.20 Å². The standard InChI is InChI=1S/C12H20N4O2/c1-10(16-8-11(9-17)13-14-16)12(18)15-6-4-2-3-5-7-15/h8,10,17H,2-7,9H2,1H3. The molecule has 1 amide bonds. The van der Waals surface area contributed by atoms with Gasteiger partial charge in [0.2, 0.25) is 5.91 Å². The maximum Gasteiger partial charge on any atom is 0.247 e. The minimum atomic E-state index is -0.351.